The van der Waals surface area contributed by atoms with Gasteiger partial charge in [-0.15, -0.1) is 0 Å². The van der Waals surface area contributed by atoms with Gasteiger partial charge in [-0.25, -0.2) is 4.39 Å². The Morgan fingerprint density at radius 3 is 2.23 bits per heavy atom. The first-order chi connectivity index (χ1) is 14.8. The van der Waals surface area contributed by atoms with Crippen molar-refractivity contribution in [3.8, 4) is 0 Å². The number of allylic oxidation sites excluding steroid dienone is 1. The summed E-state index contributed by atoms with van der Waals surface area (Å²) in [5, 5.41) is 9.82. The molecule has 5 heteroatoms. The van der Waals surface area contributed by atoms with E-state index in [0.717, 1.165) is 23.4 Å². The molecular formula is C26H39FN4. The number of aryl methyl sites for hydroxylation is 2. The fraction of sp³-hybridized carbons (Fsp3) is 0.423. The number of nitrogens with zero attached hydrogens (tertiary/aromatic N) is 2. The van der Waals surface area contributed by atoms with Crippen molar-refractivity contribution in [3.63, 3.8) is 0 Å². The van der Waals surface area contributed by atoms with Gasteiger partial charge >= 0.3 is 0 Å². The van der Waals surface area contributed by atoms with Crippen LogP contribution in [-0.2, 0) is 13.0 Å². The molecule has 0 aliphatic rings. The number of hydrogen-bond acceptors (Lipinski definition) is 3. The SMILES string of the molecule is CCC.CNC.Cc1nn(C/C(F)=C/CN)c(C)c1Cc1ccc(C)c2ccccc12. The summed E-state index contributed by atoms with van der Waals surface area (Å²) < 4.78 is 15.5. The zero-order chi connectivity index (χ0) is 23.4. The molecule has 0 bridgehead atoms. The zero-order valence-electron chi connectivity index (χ0n) is 20.2. The monoisotopic (exact) mass is 426 g/mol. The van der Waals surface area contributed by atoms with Crippen molar-refractivity contribution < 1.29 is 4.39 Å². The van der Waals surface area contributed by atoms with Crippen LogP contribution in [0.1, 0.15) is 48.3 Å². The fourth-order valence-corrected chi connectivity index (χ4v) is 3.34. The van der Waals surface area contributed by atoms with Gasteiger partial charge in [0.05, 0.1) is 12.2 Å². The normalized spacial score (nSPS) is 10.9. The van der Waals surface area contributed by atoms with Crippen LogP contribution in [0.15, 0.2) is 48.3 Å². The molecule has 4 nitrogen and oxygen atoms in total. The molecule has 2 aromatic carbocycles. The van der Waals surface area contributed by atoms with Crippen LogP contribution in [0.2, 0.25) is 0 Å². The van der Waals surface area contributed by atoms with Crippen LogP contribution in [0, 0.1) is 20.8 Å². The third-order valence-electron chi connectivity index (χ3n) is 4.77. The van der Waals surface area contributed by atoms with Gasteiger partial charge in [-0.05, 0) is 62.8 Å². The largest absolute Gasteiger partial charge is 0.327 e. The summed E-state index contributed by atoms with van der Waals surface area (Å²) in [6.45, 7) is 10.7. The molecular weight excluding hydrogens is 387 g/mol. The molecule has 31 heavy (non-hydrogen) atoms. The van der Waals surface area contributed by atoms with E-state index in [0.29, 0.717) is 0 Å². The van der Waals surface area contributed by atoms with Crippen LogP contribution in [0.4, 0.5) is 4.39 Å². The molecule has 3 aromatic rings. The lowest BCUT2D eigenvalue weighted by atomic mass is 9.95. The lowest BCUT2D eigenvalue weighted by molar-refractivity contribution is 0.517. The third kappa shape index (κ3) is 7.60. The van der Waals surface area contributed by atoms with Gasteiger partial charge in [0, 0.05) is 24.2 Å². The number of hydrogen-bond donors (Lipinski definition) is 2. The van der Waals surface area contributed by atoms with Gasteiger partial charge in [-0.2, -0.15) is 5.10 Å². The van der Waals surface area contributed by atoms with E-state index >= 15 is 0 Å². The van der Waals surface area contributed by atoms with E-state index < -0.39 is 0 Å². The van der Waals surface area contributed by atoms with E-state index in [-0.39, 0.29) is 18.9 Å². The molecule has 0 fully saturated rings. The summed E-state index contributed by atoms with van der Waals surface area (Å²) in [5.41, 5.74) is 11.0. The average Bonchev–Trinajstić information content (AvgIpc) is 2.99. The van der Waals surface area contributed by atoms with E-state index in [2.05, 4.69) is 67.6 Å². The lowest BCUT2D eigenvalue weighted by Gasteiger charge is -2.10. The second-order valence-electron chi connectivity index (χ2n) is 7.66. The quantitative estimate of drug-likeness (QED) is 0.557. The van der Waals surface area contributed by atoms with Crippen molar-refractivity contribution in [2.75, 3.05) is 20.6 Å². The van der Waals surface area contributed by atoms with Gasteiger partial charge < -0.3 is 11.1 Å². The summed E-state index contributed by atoms with van der Waals surface area (Å²) in [6.07, 6.45) is 3.43. The lowest BCUT2D eigenvalue weighted by Crippen LogP contribution is -2.05. The molecule has 0 unspecified atom stereocenters. The Kier molecular flexibility index (Phi) is 11.8. The highest BCUT2D eigenvalue weighted by atomic mass is 19.1. The number of nitrogens with two attached hydrogens (primary N) is 1. The van der Waals surface area contributed by atoms with Crippen molar-refractivity contribution in [2.45, 2.75) is 54.0 Å². The molecule has 3 rings (SSSR count). The highest BCUT2D eigenvalue weighted by Gasteiger charge is 2.14. The number of halogens is 1. The Morgan fingerprint density at radius 1 is 1.06 bits per heavy atom. The van der Waals surface area contributed by atoms with E-state index in [9.17, 15) is 4.39 Å². The van der Waals surface area contributed by atoms with Crippen LogP contribution in [0.3, 0.4) is 0 Å². The molecule has 0 amide bonds. The first-order valence-electron chi connectivity index (χ1n) is 11.0. The van der Waals surface area contributed by atoms with Crippen molar-refractivity contribution >= 4 is 10.8 Å². The van der Waals surface area contributed by atoms with Gasteiger partial charge in [-0.3, -0.25) is 4.68 Å². The number of rotatable bonds is 5. The highest BCUT2D eigenvalue weighted by Crippen LogP contribution is 2.26. The van der Waals surface area contributed by atoms with E-state index in [1.54, 1.807) is 4.68 Å². The third-order valence-corrected chi connectivity index (χ3v) is 4.77. The number of nitrogens with one attached hydrogen (secondary N) is 1. The van der Waals surface area contributed by atoms with Crippen LogP contribution < -0.4 is 11.1 Å². The Hall–Kier alpha value is -2.50. The van der Waals surface area contributed by atoms with Crippen molar-refractivity contribution in [1.29, 1.82) is 0 Å². The predicted molar refractivity (Wildman–Crippen MR) is 132 cm³/mol. The maximum absolute atomic E-state index is 13.8. The van der Waals surface area contributed by atoms with E-state index in [1.807, 2.05) is 27.9 Å². The summed E-state index contributed by atoms with van der Waals surface area (Å²) in [7, 11) is 3.75. The molecule has 1 heterocycles. The standard InChI is InChI=1S/C21H24FN3.C3H8.C2H7N/c1-14-8-9-17(20-7-5-4-6-19(14)20)12-21-15(2)24-25(16(21)3)13-18(22)10-11-23;2*1-3-2/h4-10H,11-13,23H2,1-3H3;3H2,1-2H3;3H,1-2H3/b18-10-;;. The summed E-state index contributed by atoms with van der Waals surface area (Å²) in [5.74, 6) is -0.250. The van der Waals surface area contributed by atoms with Crippen molar-refractivity contribution in [1.82, 2.24) is 15.1 Å². The number of aromatic nitrogens is 2. The molecule has 0 spiro atoms. The van der Waals surface area contributed by atoms with Gasteiger partial charge in [0.1, 0.15) is 5.83 Å². The smallest absolute Gasteiger partial charge is 0.119 e. The minimum Gasteiger partial charge on any atom is -0.327 e. The Bertz CT molecular complexity index is 971. The predicted octanol–water partition coefficient (Wildman–Crippen LogP) is 5.62. The Balaban J connectivity index is 0.000000720. The minimum atomic E-state index is -0.250. The second kappa shape index (κ2) is 13.7. The highest BCUT2D eigenvalue weighted by molar-refractivity contribution is 5.88. The van der Waals surface area contributed by atoms with Crippen LogP contribution >= 0.6 is 0 Å². The molecule has 0 atom stereocenters. The first kappa shape index (κ1) is 26.5. The average molecular weight is 427 g/mol. The van der Waals surface area contributed by atoms with Gasteiger partial charge in [-0.1, -0.05) is 56.7 Å². The summed E-state index contributed by atoms with van der Waals surface area (Å²) in [6, 6.07) is 12.8. The van der Waals surface area contributed by atoms with Crippen molar-refractivity contribution in [2.24, 2.45) is 5.73 Å². The van der Waals surface area contributed by atoms with Crippen LogP contribution in [0.25, 0.3) is 10.8 Å². The Morgan fingerprint density at radius 2 is 1.65 bits per heavy atom. The fourth-order valence-electron chi connectivity index (χ4n) is 3.34. The molecule has 0 radical (unpaired) electrons. The number of fused-ring (bicyclic) bond motifs is 1. The van der Waals surface area contributed by atoms with Gasteiger partial charge in [0.2, 0.25) is 0 Å². The Labute approximate surface area is 187 Å². The maximum atomic E-state index is 13.8. The molecule has 0 aliphatic carbocycles. The summed E-state index contributed by atoms with van der Waals surface area (Å²) in [4.78, 5) is 0. The van der Waals surface area contributed by atoms with Crippen molar-refractivity contribution in [3.05, 3.63) is 76.4 Å². The molecule has 0 saturated heterocycles. The second-order valence-corrected chi connectivity index (χ2v) is 7.66. The van der Waals surface area contributed by atoms with Gasteiger partial charge in [0.25, 0.3) is 0 Å². The molecule has 3 N–H and O–H groups in total. The maximum Gasteiger partial charge on any atom is 0.119 e. The minimum absolute atomic E-state index is 0.137. The topological polar surface area (TPSA) is 55.9 Å². The summed E-state index contributed by atoms with van der Waals surface area (Å²) >= 11 is 0. The molecule has 0 saturated carbocycles. The molecule has 1 aromatic heterocycles. The first-order valence-corrected chi connectivity index (χ1v) is 11.0. The molecule has 0 aliphatic heterocycles. The van der Waals surface area contributed by atoms with E-state index in [4.69, 9.17) is 5.73 Å². The van der Waals surface area contributed by atoms with E-state index in [1.165, 1.54) is 34.4 Å². The number of benzene rings is 2. The van der Waals surface area contributed by atoms with Gasteiger partial charge in [0.15, 0.2) is 0 Å². The van der Waals surface area contributed by atoms with Crippen LogP contribution in [0.5, 0.6) is 0 Å². The molecule has 170 valence electrons. The van der Waals surface area contributed by atoms with Crippen LogP contribution in [-0.4, -0.2) is 30.4 Å². The zero-order valence-corrected chi connectivity index (χ0v) is 20.2.